The summed E-state index contributed by atoms with van der Waals surface area (Å²) in [7, 11) is 1.67. The fourth-order valence-corrected chi connectivity index (χ4v) is 2.77. The predicted molar refractivity (Wildman–Crippen MR) is 81.5 cm³/mol. The maximum Gasteiger partial charge on any atom is 0.323 e. The maximum absolute atomic E-state index is 11.1. The zero-order valence-electron chi connectivity index (χ0n) is 10.9. The Bertz CT molecular complexity index is 456. The molecule has 19 heavy (non-hydrogen) atoms. The first kappa shape index (κ1) is 16.6. The average molecular weight is 322 g/mol. The molecule has 0 aliphatic carbocycles. The van der Waals surface area contributed by atoms with Crippen molar-refractivity contribution in [3.63, 3.8) is 0 Å². The summed E-state index contributed by atoms with van der Waals surface area (Å²) < 4.78 is 0. The van der Waals surface area contributed by atoms with Crippen LogP contribution in [0.2, 0.25) is 10.0 Å². The highest BCUT2D eigenvalue weighted by Gasteiger charge is 2.30. The summed E-state index contributed by atoms with van der Waals surface area (Å²) in [4.78, 5) is 12.1. The third kappa shape index (κ3) is 4.88. The van der Waals surface area contributed by atoms with E-state index in [1.807, 2.05) is 12.1 Å². The summed E-state index contributed by atoms with van der Waals surface area (Å²) >= 11 is 13.4. The predicted octanol–water partition coefficient (Wildman–Crippen LogP) is 3.93. The molecule has 0 saturated heterocycles. The van der Waals surface area contributed by atoms with Crippen molar-refractivity contribution < 1.29 is 9.90 Å². The van der Waals surface area contributed by atoms with E-state index in [0.29, 0.717) is 16.5 Å². The Morgan fingerprint density at radius 1 is 1.42 bits per heavy atom. The summed E-state index contributed by atoms with van der Waals surface area (Å²) in [5.74, 6) is 0.0113. The average Bonchev–Trinajstić information content (AvgIpc) is 2.38. The molecule has 0 heterocycles. The highest BCUT2D eigenvalue weighted by atomic mass is 35.5. The topological polar surface area (TPSA) is 49.3 Å². The van der Waals surface area contributed by atoms with Gasteiger partial charge in [-0.1, -0.05) is 23.2 Å². The number of likely N-dealkylation sites (N-methyl/N-ethyl adjacent to an activating group) is 1. The normalized spacial score (nSPS) is 14.1. The van der Waals surface area contributed by atoms with Gasteiger partial charge in [0.15, 0.2) is 0 Å². The van der Waals surface area contributed by atoms with E-state index < -0.39 is 11.5 Å². The third-order valence-corrected chi connectivity index (χ3v) is 4.82. The first-order chi connectivity index (χ1) is 8.89. The van der Waals surface area contributed by atoms with Gasteiger partial charge in [0.1, 0.15) is 5.54 Å². The minimum Gasteiger partial charge on any atom is -0.480 e. The number of hydrogen-bond acceptors (Lipinski definition) is 3. The molecular formula is C13H17Cl2NO2S. The standard InChI is InChI=1S/C13H17Cl2NO2S/c1-13(16-2,12(17)18)6-3-7-19-9-4-5-10(14)11(15)8-9/h4-5,8,16H,3,6-7H2,1-2H3,(H,17,18). The van der Waals surface area contributed by atoms with Gasteiger partial charge in [0.05, 0.1) is 10.0 Å². The molecule has 0 aromatic heterocycles. The lowest BCUT2D eigenvalue weighted by atomic mass is 9.97. The molecule has 106 valence electrons. The van der Waals surface area contributed by atoms with Crippen molar-refractivity contribution in [1.82, 2.24) is 5.32 Å². The molecular weight excluding hydrogens is 305 g/mol. The molecule has 1 unspecified atom stereocenters. The summed E-state index contributed by atoms with van der Waals surface area (Å²) in [5.41, 5.74) is -0.863. The summed E-state index contributed by atoms with van der Waals surface area (Å²) in [6.07, 6.45) is 1.38. The van der Waals surface area contributed by atoms with E-state index in [2.05, 4.69) is 5.32 Å². The Morgan fingerprint density at radius 3 is 2.63 bits per heavy atom. The molecule has 0 saturated carbocycles. The van der Waals surface area contributed by atoms with E-state index in [9.17, 15) is 4.79 Å². The van der Waals surface area contributed by atoms with Crippen molar-refractivity contribution in [3.05, 3.63) is 28.2 Å². The molecule has 0 aliphatic heterocycles. The Kier molecular flexibility index (Phi) is 6.47. The van der Waals surface area contributed by atoms with Gasteiger partial charge in [-0.15, -0.1) is 11.8 Å². The van der Waals surface area contributed by atoms with Crippen molar-refractivity contribution in [2.24, 2.45) is 0 Å². The zero-order chi connectivity index (χ0) is 14.5. The van der Waals surface area contributed by atoms with Crippen LogP contribution in [0, 0.1) is 0 Å². The molecule has 0 spiro atoms. The number of halogens is 2. The number of nitrogens with one attached hydrogen (secondary N) is 1. The van der Waals surface area contributed by atoms with Crippen LogP contribution in [0.25, 0.3) is 0 Å². The van der Waals surface area contributed by atoms with Crippen molar-refractivity contribution in [3.8, 4) is 0 Å². The first-order valence-corrected chi connectivity index (χ1v) is 7.63. The van der Waals surface area contributed by atoms with E-state index in [1.54, 1.807) is 31.8 Å². The number of thioether (sulfide) groups is 1. The van der Waals surface area contributed by atoms with Crippen LogP contribution in [-0.2, 0) is 4.79 Å². The minimum absolute atomic E-state index is 0.539. The molecule has 0 radical (unpaired) electrons. The molecule has 6 heteroatoms. The second-order valence-corrected chi connectivity index (χ2v) is 6.40. The highest BCUT2D eigenvalue weighted by Crippen LogP contribution is 2.28. The molecule has 1 aromatic rings. The Labute approximate surface area is 127 Å². The number of carbonyl (C=O) groups is 1. The largest absolute Gasteiger partial charge is 0.480 e. The fourth-order valence-electron chi connectivity index (χ4n) is 1.52. The van der Waals surface area contributed by atoms with Crippen molar-refractivity contribution >= 4 is 40.9 Å². The van der Waals surface area contributed by atoms with Crippen molar-refractivity contribution in [1.29, 1.82) is 0 Å². The van der Waals surface area contributed by atoms with E-state index in [1.165, 1.54) is 0 Å². The second kappa shape index (κ2) is 7.39. The number of benzene rings is 1. The van der Waals surface area contributed by atoms with E-state index >= 15 is 0 Å². The number of rotatable bonds is 7. The second-order valence-electron chi connectivity index (χ2n) is 4.42. The summed E-state index contributed by atoms with van der Waals surface area (Å²) in [6, 6.07) is 5.50. The lowest BCUT2D eigenvalue weighted by Gasteiger charge is -2.23. The van der Waals surface area contributed by atoms with Crippen LogP contribution in [-0.4, -0.2) is 29.4 Å². The lowest BCUT2D eigenvalue weighted by Crippen LogP contribution is -2.47. The fraction of sp³-hybridized carbons (Fsp3) is 0.462. The van der Waals surface area contributed by atoms with Gasteiger partial charge >= 0.3 is 5.97 Å². The number of hydrogen-bond donors (Lipinski definition) is 2. The van der Waals surface area contributed by atoms with Gasteiger partial charge < -0.3 is 10.4 Å². The molecule has 1 rings (SSSR count). The quantitative estimate of drug-likeness (QED) is 0.590. The Morgan fingerprint density at radius 2 is 2.11 bits per heavy atom. The molecule has 2 N–H and O–H groups in total. The van der Waals surface area contributed by atoms with Crippen molar-refractivity contribution in [2.45, 2.75) is 30.2 Å². The van der Waals surface area contributed by atoms with Crippen LogP contribution < -0.4 is 5.32 Å². The van der Waals surface area contributed by atoms with Crippen molar-refractivity contribution in [2.75, 3.05) is 12.8 Å². The molecule has 0 fully saturated rings. The molecule has 1 atom stereocenters. The zero-order valence-corrected chi connectivity index (χ0v) is 13.2. The van der Waals surface area contributed by atoms with Gasteiger partial charge in [0, 0.05) is 4.90 Å². The van der Waals surface area contributed by atoms with Gasteiger partial charge in [0.25, 0.3) is 0 Å². The molecule has 0 aliphatic rings. The van der Waals surface area contributed by atoms with Crippen LogP contribution in [0.1, 0.15) is 19.8 Å². The van der Waals surface area contributed by atoms with Gasteiger partial charge in [-0.25, -0.2) is 0 Å². The van der Waals surface area contributed by atoms with Gasteiger partial charge in [-0.2, -0.15) is 0 Å². The van der Waals surface area contributed by atoms with Crippen LogP contribution in [0.15, 0.2) is 23.1 Å². The molecule has 3 nitrogen and oxygen atoms in total. The molecule has 0 amide bonds. The molecule has 1 aromatic carbocycles. The van der Waals surface area contributed by atoms with E-state index in [-0.39, 0.29) is 0 Å². The summed E-state index contributed by atoms with van der Waals surface area (Å²) in [5, 5.41) is 13.0. The van der Waals surface area contributed by atoms with Crippen LogP contribution >= 0.6 is 35.0 Å². The molecule has 0 bridgehead atoms. The van der Waals surface area contributed by atoms with E-state index in [4.69, 9.17) is 28.3 Å². The third-order valence-electron chi connectivity index (χ3n) is 3.00. The SMILES string of the molecule is CNC(C)(CCCSc1ccc(Cl)c(Cl)c1)C(=O)O. The van der Waals surface area contributed by atoms with Gasteiger partial charge in [-0.3, -0.25) is 4.79 Å². The highest BCUT2D eigenvalue weighted by molar-refractivity contribution is 7.99. The Hall–Kier alpha value is -0.420. The lowest BCUT2D eigenvalue weighted by molar-refractivity contribution is -0.144. The minimum atomic E-state index is -0.863. The van der Waals surface area contributed by atoms with Crippen LogP contribution in [0.5, 0.6) is 0 Å². The number of carboxylic acids is 1. The monoisotopic (exact) mass is 321 g/mol. The Balaban J connectivity index is 2.42. The van der Waals surface area contributed by atoms with Gasteiger partial charge in [-0.05, 0) is 50.8 Å². The van der Waals surface area contributed by atoms with Crippen LogP contribution in [0.4, 0.5) is 0 Å². The summed E-state index contributed by atoms with van der Waals surface area (Å²) in [6.45, 7) is 1.69. The first-order valence-electron chi connectivity index (χ1n) is 5.89. The van der Waals surface area contributed by atoms with Gasteiger partial charge in [0.2, 0.25) is 0 Å². The van der Waals surface area contributed by atoms with E-state index in [0.717, 1.165) is 17.1 Å². The number of carboxylic acid groups (broad SMARTS) is 1. The maximum atomic E-state index is 11.1. The van der Waals surface area contributed by atoms with Crippen LogP contribution in [0.3, 0.4) is 0 Å². The smallest absolute Gasteiger partial charge is 0.323 e. The number of aliphatic carboxylic acids is 1.